The molecule has 0 fully saturated rings. The summed E-state index contributed by atoms with van der Waals surface area (Å²) in [5.41, 5.74) is 0.897. The summed E-state index contributed by atoms with van der Waals surface area (Å²) in [4.78, 5) is 23.7. The van der Waals surface area contributed by atoms with E-state index in [1.165, 1.54) is 51.4 Å². The summed E-state index contributed by atoms with van der Waals surface area (Å²) in [6.07, 6.45) is 11.8. The lowest BCUT2D eigenvalue weighted by Gasteiger charge is -2.13. The Bertz CT molecular complexity index is 533. The molecule has 0 aliphatic carbocycles. The van der Waals surface area contributed by atoms with Crippen molar-refractivity contribution in [3.05, 3.63) is 35.9 Å². The zero-order valence-corrected chi connectivity index (χ0v) is 17.6. The van der Waals surface area contributed by atoms with Crippen molar-refractivity contribution in [2.75, 3.05) is 6.61 Å². The third-order valence-corrected chi connectivity index (χ3v) is 4.64. The highest BCUT2D eigenvalue weighted by molar-refractivity contribution is 5.80. The summed E-state index contributed by atoms with van der Waals surface area (Å²) in [6.45, 7) is 4.42. The fourth-order valence-electron chi connectivity index (χ4n) is 2.89. The highest BCUT2D eigenvalue weighted by Crippen LogP contribution is 2.10. The van der Waals surface area contributed by atoms with Gasteiger partial charge in [0, 0.05) is 0 Å². The van der Waals surface area contributed by atoms with Gasteiger partial charge in [0.2, 0.25) is 0 Å². The molecule has 1 N–H and O–H groups in total. The molecule has 5 nitrogen and oxygen atoms in total. The Hall–Kier alpha value is -2.04. The molecule has 0 heterocycles. The van der Waals surface area contributed by atoms with E-state index in [0.29, 0.717) is 6.61 Å². The Morgan fingerprint density at radius 3 is 2.04 bits per heavy atom. The largest absolute Gasteiger partial charge is 0.464 e. The molecule has 0 saturated heterocycles. The van der Waals surface area contributed by atoms with E-state index in [1.54, 1.807) is 6.92 Å². The van der Waals surface area contributed by atoms with Crippen molar-refractivity contribution in [2.45, 2.75) is 90.7 Å². The number of amides is 1. The van der Waals surface area contributed by atoms with Gasteiger partial charge < -0.3 is 14.8 Å². The molecule has 0 aliphatic rings. The van der Waals surface area contributed by atoms with Gasteiger partial charge in [0.15, 0.2) is 0 Å². The molecule has 0 aromatic heterocycles. The molecule has 1 amide bonds. The molecule has 158 valence electrons. The van der Waals surface area contributed by atoms with E-state index in [2.05, 4.69) is 12.2 Å². The van der Waals surface area contributed by atoms with Crippen LogP contribution in [0.3, 0.4) is 0 Å². The van der Waals surface area contributed by atoms with E-state index in [-0.39, 0.29) is 6.61 Å². The van der Waals surface area contributed by atoms with Crippen molar-refractivity contribution in [3.63, 3.8) is 0 Å². The standard InChI is InChI=1S/C23H37NO4/c1-3-4-5-6-7-8-9-10-11-15-18-27-22(25)20(2)24-23(26)28-19-21-16-13-12-14-17-21/h12-14,16-17,20H,3-11,15,18-19H2,1-2H3,(H,24,26)/t20-/m0/s1. The molecular weight excluding hydrogens is 354 g/mol. The molecule has 0 spiro atoms. The molecule has 0 unspecified atom stereocenters. The minimum absolute atomic E-state index is 0.174. The molecule has 0 saturated carbocycles. The van der Waals surface area contributed by atoms with Crippen LogP contribution in [-0.2, 0) is 20.9 Å². The van der Waals surface area contributed by atoms with Crippen LogP contribution in [0, 0.1) is 0 Å². The number of benzene rings is 1. The van der Waals surface area contributed by atoms with E-state index in [1.807, 2.05) is 30.3 Å². The number of hydrogen-bond donors (Lipinski definition) is 1. The van der Waals surface area contributed by atoms with E-state index in [0.717, 1.165) is 18.4 Å². The predicted molar refractivity (Wildman–Crippen MR) is 112 cm³/mol. The van der Waals surface area contributed by atoms with E-state index >= 15 is 0 Å². The topological polar surface area (TPSA) is 64.6 Å². The monoisotopic (exact) mass is 391 g/mol. The van der Waals surface area contributed by atoms with Crippen molar-refractivity contribution < 1.29 is 19.1 Å². The van der Waals surface area contributed by atoms with Crippen LogP contribution in [0.5, 0.6) is 0 Å². The second kappa shape index (κ2) is 16.0. The van der Waals surface area contributed by atoms with E-state index < -0.39 is 18.1 Å². The summed E-state index contributed by atoms with van der Waals surface area (Å²) in [5, 5.41) is 2.50. The fourth-order valence-corrected chi connectivity index (χ4v) is 2.89. The van der Waals surface area contributed by atoms with Crippen LogP contribution in [0.1, 0.15) is 83.6 Å². The quantitative estimate of drug-likeness (QED) is 0.305. The van der Waals surface area contributed by atoms with Crippen LogP contribution < -0.4 is 5.32 Å². The van der Waals surface area contributed by atoms with Gasteiger partial charge in [0.1, 0.15) is 12.6 Å². The van der Waals surface area contributed by atoms with Gasteiger partial charge in [-0.15, -0.1) is 0 Å². The maximum atomic E-state index is 11.9. The Morgan fingerprint density at radius 2 is 1.43 bits per heavy atom. The maximum Gasteiger partial charge on any atom is 0.408 e. The lowest BCUT2D eigenvalue weighted by atomic mass is 10.1. The molecule has 1 atom stereocenters. The molecule has 1 aromatic rings. The van der Waals surface area contributed by atoms with Gasteiger partial charge in [-0.2, -0.15) is 0 Å². The molecule has 0 bridgehead atoms. The molecule has 0 radical (unpaired) electrons. The van der Waals surface area contributed by atoms with Crippen LogP contribution in [0.25, 0.3) is 0 Å². The Labute approximate surface area is 170 Å². The minimum atomic E-state index is -0.716. The Morgan fingerprint density at radius 1 is 0.857 bits per heavy atom. The Kier molecular flexibility index (Phi) is 13.7. The van der Waals surface area contributed by atoms with Crippen LogP contribution in [-0.4, -0.2) is 24.7 Å². The van der Waals surface area contributed by atoms with Gasteiger partial charge in [-0.05, 0) is 18.9 Å². The van der Waals surface area contributed by atoms with Crippen molar-refractivity contribution in [3.8, 4) is 0 Å². The normalized spacial score (nSPS) is 11.6. The van der Waals surface area contributed by atoms with Crippen LogP contribution >= 0.6 is 0 Å². The number of rotatable bonds is 15. The van der Waals surface area contributed by atoms with Crippen molar-refractivity contribution in [1.29, 1.82) is 0 Å². The summed E-state index contributed by atoms with van der Waals surface area (Å²) in [6, 6.07) is 8.69. The second-order valence-corrected chi connectivity index (χ2v) is 7.28. The first-order chi connectivity index (χ1) is 13.6. The minimum Gasteiger partial charge on any atom is -0.464 e. The fraction of sp³-hybridized carbons (Fsp3) is 0.652. The number of nitrogens with one attached hydrogen (secondary N) is 1. The lowest BCUT2D eigenvalue weighted by Crippen LogP contribution is -2.39. The average Bonchev–Trinajstić information content (AvgIpc) is 2.71. The second-order valence-electron chi connectivity index (χ2n) is 7.28. The number of carbonyl (C=O) groups excluding carboxylic acids is 2. The van der Waals surface area contributed by atoms with Gasteiger partial charge >= 0.3 is 12.1 Å². The summed E-state index contributed by atoms with van der Waals surface area (Å²) in [5.74, 6) is -0.424. The number of esters is 1. The third kappa shape index (κ3) is 12.4. The third-order valence-electron chi connectivity index (χ3n) is 4.64. The SMILES string of the molecule is CCCCCCCCCCCCOC(=O)[C@H](C)NC(=O)OCc1ccccc1. The number of ether oxygens (including phenoxy) is 2. The van der Waals surface area contributed by atoms with Gasteiger partial charge in [0.05, 0.1) is 6.61 Å². The summed E-state index contributed by atoms with van der Waals surface area (Å²) in [7, 11) is 0. The van der Waals surface area contributed by atoms with Crippen molar-refractivity contribution in [2.24, 2.45) is 0 Å². The number of unbranched alkanes of at least 4 members (excludes halogenated alkanes) is 9. The first-order valence-electron chi connectivity index (χ1n) is 10.8. The summed E-state index contributed by atoms with van der Waals surface area (Å²) < 4.78 is 10.3. The van der Waals surface area contributed by atoms with Crippen molar-refractivity contribution in [1.82, 2.24) is 5.32 Å². The first kappa shape index (κ1) is 24.0. The van der Waals surface area contributed by atoms with Gasteiger partial charge in [-0.3, -0.25) is 0 Å². The molecular formula is C23H37NO4. The zero-order chi connectivity index (χ0) is 20.5. The van der Waals surface area contributed by atoms with Gasteiger partial charge in [-0.1, -0.05) is 95.0 Å². The number of carbonyl (C=O) groups is 2. The Balaban J connectivity index is 1.98. The van der Waals surface area contributed by atoms with Crippen molar-refractivity contribution >= 4 is 12.1 Å². The average molecular weight is 392 g/mol. The van der Waals surface area contributed by atoms with Crippen LogP contribution in [0.15, 0.2) is 30.3 Å². The summed E-state index contributed by atoms with van der Waals surface area (Å²) >= 11 is 0. The number of hydrogen-bond acceptors (Lipinski definition) is 4. The lowest BCUT2D eigenvalue weighted by molar-refractivity contribution is -0.145. The predicted octanol–water partition coefficient (Wildman–Crippen LogP) is 5.77. The molecule has 28 heavy (non-hydrogen) atoms. The first-order valence-corrected chi connectivity index (χ1v) is 10.8. The number of alkyl carbamates (subject to hydrolysis) is 1. The van der Waals surface area contributed by atoms with E-state index in [4.69, 9.17) is 9.47 Å². The van der Waals surface area contributed by atoms with E-state index in [9.17, 15) is 9.59 Å². The highest BCUT2D eigenvalue weighted by atomic mass is 16.6. The zero-order valence-electron chi connectivity index (χ0n) is 17.6. The molecule has 1 rings (SSSR count). The van der Waals surface area contributed by atoms with Gasteiger partial charge in [0.25, 0.3) is 0 Å². The van der Waals surface area contributed by atoms with Crippen LogP contribution in [0.4, 0.5) is 4.79 Å². The maximum absolute atomic E-state index is 11.9. The molecule has 1 aromatic carbocycles. The van der Waals surface area contributed by atoms with Crippen LogP contribution in [0.2, 0.25) is 0 Å². The molecule has 5 heteroatoms. The smallest absolute Gasteiger partial charge is 0.408 e. The molecule has 0 aliphatic heterocycles. The van der Waals surface area contributed by atoms with Gasteiger partial charge in [-0.25, -0.2) is 9.59 Å². The highest BCUT2D eigenvalue weighted by Gasteiger charge is 2.17.